The highest BCUT2D eigenvalue weighted by atomic mass is 32.2. The summed E-state index contributed by atoms with van der Waals surface area (Å²) < 4.78 is 5.43. The van der Waals surface area contributed by atoms with E-state index in [0.29, 0.717) is 6.04 Å². The van der Waals surface area contributed by atoms with Crippen LogP contribution in [0.15, 0.2) is 18.2 Å². The second kappa shape index (κ2) is 6.34. The molecule has 1 heterocycles. The molecule has 0 aliphatic carbocycles. The molecule has 0 bridgehead atoms. The summed E-state index contributed by atoms with van der Waals surface area (Å²) in [5.41, 5.74) is 2.44. The standard InChI is InChI=1S/C14H22N2OS/c1-16(2)9-11-4-5-14(17-3)13(8-11)15-12-6-7-18-10-12/h4-5,8,12,15H,6-7,9-10H2,1-3H3. The molecule has 1 unspecified atom stereocenters. The van der Waals surface area contributed by atoms with Gasteiger partial charge in [-0.05, 0) is 44.0 Å². The van der Waals surface area contributed by atoms with Crippen LogP contribution in [0.4, 0.5) is 5.69 Å². The SMILES string of the molecule is COc1ccc(CN(C)C)cc1NC1CCSC1. The first-order valence-electron chi connectivity index (χ1n) is 6.35. The van der Waals surface area contributed by atoms with Crippen LogP contribution < -0.4 is 10.1 Å². The summed E-state index contributed by atoms with van der Waals surface area (Å²) in [6.07, 6.45) is 1.24. The maximum Gasteiger partial charge on any atom is 0.141 e. The first kappa shape index (κ1) is 13.6. The zero-order valence-electron chi connectivity index (χ0n) is 11.4. The average molecular weight is 266 g/mol. The third-order valence-electron chi connectivity index (χ3n) is 3.05. The van der Waals surface area contributed by atoms with E-state index in [2.05, 4.69) is 42.5 Å². The maximum absolute atomic E-state index is 5.43. The number of methoxy groups -OCH3 is 1. The molecule has 0 spiro atoms. The van der Waals surface area contributed by atoms with Gasteiger partial charge < -0.3 is 15.0 Å². The lowest BCUT2D eigenvalue weighted by Crippen LogP contribution is -2.19. The summed E-state index contributed by atoms with van der Waals surface area (Å²) in [7, 11) is 5.91. The molecular weight excluding hydrogens is 244 g/mol. The highest BCUT2D eigenvalue weighted by Crippen LogP contribution is 2.29. The summed E-state index contributed by atoms with van der Waals surface area (Å²) in [4.78, 5) is 2.18. The van der Waals surface area contributed by atoms with Crippen LogP contribution in [0.1, 0.15) is 12.0 Å². The second-order valence-electron chi connectivity index (χ2n) is 4.98. The van der Waals surface area contributed by atoms with E-state index in [4.69, 9.17) is 4.74 Å². The lowest BCUT2D eigenvalue weighted by atomic mass is 10.1. The van der Waals surface area contributed by atoms with Crippen LogP contribution in [-0.2, 0) is 6.54 Å². The lowest BCUT2D eigenvalue weighted by Gasteiger charge is -2.18. The highest BCUT2D eigenvalue weighted by Gasteiger charge is 2.16. The molecule has 1 aromatic carbocycles. The van der Waals surface area contributed by atoms with E-state index in [-0.39, 0.29) is 0 Å². The smallest absolute Gasteiger partial charge is 0.141 e. The molecule has 100 valence electrons. The van der Waals surface area contributed by atoms with Gasteiger partial charge in [0.05, 0.1) is 12.8 Å². The van der Waals surface area contributed by atoms with Crippen LogP contribution in [0.5, 0.6) is 5.75 Å². The van der Waals surface area contributed by atoms with Crippen molar-refractivity contribution in [3.8, 4) is 5.75 Å². The normalized spacial score (nSPS) is 19.2. The maximum atomic E-state index is 5.43. The Labute approximate surface area is 114 Å². The molecule has 0 radical (unpaired) electrons. The van der Waals surface area contributed by atoms with Crippen LogP contribution in [0.3, 0.4) is 0 Å². The van der Waals surface area contributed by atoms with Crippen LogP contribution >= 0.6 is 11.8 Å². The van der Waals surface area contributed by atoms with E-state index in [9.17, 15) is 0 Å². The van der Waals surface area contributed by atoms with Crippen molar-refractivity contribution in [2.45, 2.75) is 19.0 Å². The van der Waals surface area contributed by atoms with E-state index < -0.39 is 0 Å². The van der Waals surface area contributed by atoms with E-state index in [1.807, 2.05) is 11.8 Å². The van der Waals surface area contributed by atoms with Crippen LogP contribution in [0, 0.1) is 0 Å². The number of anilines is 1. The largest absolute Gasteiger partial charge is 0.495 e. The number of benzene rings is 1. The second-order valence-corrected chi connectivity index (χ2v) is 6.13. The summed E-state index contributed by atoms with van der Waals surface area (Å²) >= 11 is 2.02. The molecule has 1 N–H and O–H groups in total. The Morgan fingerprint density at radius 3 is 2.89 bits per heavy atom. The molecule has 2 rings (SSSR count). The van der Waals surface area contributed by atoms with Crippen molar-refractivity contribution < 1.29 is 4.74 Å². The van der Waals surface area contributed by atoms with Gasteiger partial charge in [0.25, 0.3) is 0 Å². The molecule has 4 heteroatoms. The van der Waals surface area contributed by atoms with E-state index in [1.54, 1.807) is 7.11 Å². The molecule has 1 atom stereocenters. The van der Waals surface area contributed by atoms with Gasteiger partial charge in [-0.3, -0.25) is 0 Å². The average Bonchev–Trinajstić information content (AvgIpc) is 2.81. The Hall–Kier alpha value is -0.870. The number of nitrogens with zero attached hydrogens (tertiary/aromatic N) is 1. The van der Waals surface area contributed by atoms with Crippen molar-refractivity contribution >= 4 is 17.4 Å². The topological polar surface area (TPSA) is 24.5 Å². The van der Waals surface area contributed by atoms with Crippen molar-refractivity contribution in [1.82, 2.24) is 4.90 Å². The van der Waals surface area contributed by atoms with Gasteiger partial charge in [-0.1, -0.05) is 6.07 Å². The van der Waals surface area contributed by atoms with Gasteiger partial charge in [-0.15, -0.1) is 0 Å². The molecule has 1 saturated heterocycles. The number of ether oxygens (including phenoxy) is 1. The fourth-order valence-corrected chi connectivity index (χ4v) is 3.35. The predicted molar refractivity (Wildman–Crippen MR) is 79.7 cm³/mol. The number of thioether (sulfide) groups is 1. The van der Waals surface area contributed by atoms with Gasteiger partial charge in [0.15, 0.2) is 0 Å². The molecule has 0 aromatic heterocycles. The van der Waals surface area contributed by atoms with Gasteiger partial charge in [-0.2, -0.15) is 11.8 Å². The minimum atomic E-state index is 0.582. The molecular formula is C14H22N2OS. The molecule has 0 saturated carbocycles. The van der Waals surface area contributed by atoms with Crippen molar-refractivity contribution in [1.29, 1.82) is 0 Å². The Morgan fingerprint density at radius 1 is 1.44 bits per heavy atom. The Morgan fingerprint density at radius 2 is 2.28 bits per heavy atom. The van der Waals surface area contributed by atoms with Gasteiger partial charge in [0, 0.05) is 18.3 Å². The Kier molecular flexibility index (Phi) is 4.78. The van der Waals surface area contributed by atoms with Crippen molar-refractivity contribution in [2.24, 2.45) is 0 Å². The van der Waals surface area contributed by atoms with Gasteiger partial charge >= 0.3 is 0 Å². The zero-order chi connectivity index (χ0) is 13.0. The Balaban J connectivity index is 2.13. The van der Waals surface area contributed by atoms with E-state index in [1.165, 1.54) is 23.5 Å². The summed E-state index contributed by atoms with van der Waals surface area (Å²) in [5, 5.41) is 3.61. The quantitative estimate of drug-likeness (QED) is 0.885. The Bertz CT molecular complexity index is 389. The molecule has 1 fully saturated rings. The first-order valence-corrected chi connectivity index (χ1v) is 7.50. The van der Waals surface area contributed by atoms with Gasteiger partial charge in [-0.25, -0.2) is 0 Å². The number of hydrogen-bond acceptors (Lipinski definition) is 4. The lowest BCUT2D eigenvalue weighted by molar-refractivity contribution is 0.400. The van der Waals surface area contributed by atoms with Crippen molar-refractivity contribution in [2.75, 3.05) is 38.0 Å². The third-order valence-corrected chi connectivity index (χ3v) is 4.21. The highest BCUT2D eigenvalue weighted by molar-refractivity contribution is 7.99. The van der Waals surface area contributed by atoms with Crippen molar-refractivity contribution in [3.63, 3.8) is 0 Å². The van der Waals surface area contributed by atoms with Crippen LogP contribution in [-0.4, -0.2) is 43.7 Å². The van der Waals surface area contributed by atoms with Crippen molar-refractivity contribution in [3.05, 3.63) is 23.8 Å². The monoisotopic (exact) mass is 266 g/mol. The minimum Gasteiger partial charge on any atom is -0.495 e. The molecule has 1 aliphatic rings. The zero-order valence-corrected chi connectivity index (χ0v) is 12.2. The van der Waals surface area contributed by atoms with E-state index >= 15 is 0 Å². The fourth-order valence-electron chi connectivity index (χ4n) is 2.20. The number of nitrogens with one attached hydrogen (secondary N) is 1. The molecule has 1 aliphatic heterocycles. The summed E-state index contributed by atoms with van der Waals surface area (Å²) in [5.74, 6) is 3.40. The first-order chi connectivity index (χ1) is 8.69. The number of rotatable bonds is 5. The summed E-state index contributed by atoms with van der Waals surface area (Å²) in [6, 6.07) is 6.98. The predicted octanol–water partition coefficient (Wildman–Crippen LogP) is 2.67. The minimum absolute atomic E-state index is 0.582. The van der Waals surface area contributed by atoms with E-state index in [0.717, 1.165) is 18.0 Å². The van der Waals surface area contributed by atoms with Gasteiger partial charge in [0.2, 0.25) is 0 Å². The van der Waals surface area contributed by atoms with Crippen LogP contribution in [0.25, 0.3) is 0 Å². The molecule has 0 amide bonds. The molecule has 18 heavy (non-hydrogen) atoms. The molecule has 3 nitrogen and oxygen atoms in total. The summed E-state index contributed by atoms with van der Waals surface area (Å²) in [6.45, 7) is 0.956. The van der Waals surface area contributed by atoms with Crippen LogP contribution in [0.2, 0.25) is 0 Å². The molecule has 1 aromatic rings. The van der Waals surface area contributed by atoms with Gasteiger partial charge in [0.1, 0.15) is 5.75 Å². The number of hydrogen-bond donors (Lipinski definition) is 1. The third kappa shape index (κ3) is 3.56. The fraction of sp³-hybridized carbons (Fsp3) is 0.571.